The maximum atomic E-state index is 11.8. The average molecular weight is 394 g/mol. The molecule has 0 atom stereocenters. The second-order valence-electron chi connectivity index (χ2n) is 7.08. The van der Waals surface area contributed by atoms with Gasteiger partial charge >= 0.3 is 6.09 Å². The molecule has 0 spiro atoms. The first kappa shape index (κ1) is 19.5. The van der Waals surface area contributed by atoms with Gasteiger partial charge < -0.3 is 15.4 Å². The number of rotatable bonds is 3. The molecule has 0 aromatic heterocycles. The summed E-state index contributed by atoms with van der Waals surface area (Å²) < 4.78 is 5.29. The summed E-state index contributed by atoms with van der Waals surface area (Å²) in [5, 5.41) is 7.87. The van der Waals surface area contributed by atoms with Crippen molar-refractivity contribution in [2.45, 2.75) is 64.1 Å². The quantitative estimate of drug-likeness (QED) is 0.672. The third-order valence-corrected chi connectivity index (χ3v) is 4.62. The van der Waals surface area contributed by atoms with Gasteiger partial charge in [0.1, 0.15) is 5.60 Å². The molecule has 1 aromatic carbocycles. The Balaban J connectivity index is 1.84. The third-order valence-electron chi connectivity index (χ3n) is 3.80. The van der Waals surface area contributed by atoms with Crippen LogP contribution in [0.25, 0.3) is 0 Å². The molecule has 134 valence electrons. The zero-order valence-electron chi connectivity index (χ0n) is 14.1. The highest BCUT2D eigenvalue weighted by molar-refractivity contribution is 6.41. The van der Waals surface area contributed by atoms with Gasteiger partial charge in [0.2, 0.25) is 0 Å². The second kappa shape index (κ2) is 8.03. The third kappa shape index (κ3) is 5.91. The van der Waals surface area contributed by atoms with E-state index < -0.39 is 5.60 Å². The number of benzene rings is 1. The van der Waals surface area contributed by atoms with Crippen LogP contribution >= 0.6 is 34.8 Å². The van der Waals surface area contributed by atoms with Crippen LogP contribution in [0.5, 0.6) is 0 Å². The number of hydrogen-bond donors (Lipinski definition) is 2. The minimum absolute atomic E-state index is 0.133. The highest BCUT2D eigenvalue weighted by Crippen LogP contribution is 2.35. The predicted octanol–water partition coefficient (Wildman–Crippen LogP) is 5.89. The van der Waals surface area contributed by atoms with E-state index in [9.17, 15) is 4.79 Å². The Bertz CT molecular complexity index is 571. The first-order valence-corrected chi connectivity index (χ1v) is 9.18. The van der Waals surface area contributed by atoms with Crippen molar-refractivity contribution < 1.29 is 9.53 Å². The minimum Gasteiger partial charge on any atom is -0.444 e. The number of carbonyl (C=O) groups is 1. The largest absolute Gasteiger partial charge is 0.444 e. The van der Waals surface area contributed by atoms with Crippen LogP contribution in [0.3, 0.4) is 0 Å². The van der Waals surface area contributed by atoms with E-state index in [4.69, 9.17) is 39.5 Å². The van der Waals surface area contributed by atoms with Gasteiger partial charge in [0.25, 0.3) is 0 Å². The van der Waals surface area contributed by atoms with Gasteiger partial charge in [0.05, 0.1) is 15.7 Å². The molecule has 1 aliphatic carbocycles. The fourth-order valence-corrected chi connectivity index (χ4v) is 3.67. The second-order valence-corrected chi connectivity index (χ2v) is 8.33. The molecule has 0 bridgehead atoms. The van der Waals surface area contributed by atoms with Gasteiger partial charge in [0, 0.05) is 17.1 Å². The maximum Gasteiger partial charge on any atom is 0.407 e. The van der Waals surface area contributed by atoms with Crippen LogP contribution in [0.2, 0.25) is 15.1 Å². The molecule has 0 aliphatic heterocycles. The monoisotopic (exact) mass is 392 g/mol. The Labute approximate surface area is 158 Å². The topological polar surface area (TPSA) is 50.4 Å². The smallest absolute Gasteiger partial charge is 0.407 e. The number of hydrogen-bond acceptors (Lipinski definition) is 3. The molecule has 1 amide bonds. The molecular weight excluding hydrogens is 371 g/mol. The van der Waals surface area contributed by atoms with Crippen LogP contribution in [0.15, 0.2) is 12.1 Å². The van der Waals surface area contributed by atoms with Gasteiger partial charge in [-0.05, 0) is 58.6 Å². The van der Waals surface area contributed by atoms with E-state index in [2.05, 4.69) is 10.6 Å². The molecule has 4 nitrogen and oxygen atoms in total. The van der Waals surface area contributed by atoms with E-state index >= 15 is 0 Å². The van der Waals surface area contributed by atoms with Crippen molar-refractivity contribution in [3.05, 3.63) is 27.2 Å². The average Bonchev–Trinajstić information content (AvgIpc) is 2.42. The first-order valence-electron chi connectivity index (χ1n) is 8.04. The molecule has 0 radical (unpaired) electrons. The molecule has 1 aromatic rings. The van der Waals surface area contributed by atoms with E-state index in [0.717, 1.165) is 25.7 Å². The van der Waals surface area contributed by atoms with Crippen LogP contribution < -0.4 is 10.6 Å². The standard InChI is InChI=1S/C17H23Cl3N2O2/c1-17(2,3)24-16(23)22-12-6-4-11(5-7-12)21-15-13(19)8-10(18)9-14(15)20/h8-9,11-12,21H,4-7H2,1-3H3,(H,22,23). The molecule has 0 unspecified atom stereocenters. The van der Waals surface area contributed by atoms with Gasteiger partial charge in [-0.25, -0.2) is 4.79 Å². The van der Waals surface area contributed by atoms with Crippen molar-refractivity contribution in [3.63, 3.8) is 0 Å². The van der Waals surface area contributed by atoms with E-state index in [1.807, 2.05) is 20.8 Å². The van der Waals surface area contributed by atoms with Gasteiger partial charge in [-0.1, -0.05) is 34.8 Å². The molecule has 0 heterocycles. The lowest BCUT2D eigenvalue weighted by atomic mass is 9.91. The number of nitrogens with one attached hydrogen (secondary N) is 2. The summed E-state index contributed by atoms with van der Waals surface area (Å²) >= 11 is 18.3. The van der Waals surface area contributed by atoms with Gasteiger partial charge in [0.15, 0.2) is 0 Å². The van der Waals surface area contributed by atoms with Gasteiger partial charge in [-0.2, -0.15) is 0 Å². The van der Waals surface area contributed by atoms with Gasteiger partial charge in [-0.3, -0.25) is 0 Å². The highest BCUT2D eigenvalue weighted by Gasteiger charge is 2.25. The fourth-order valence-electron chi connectivity index (χ4n) is 2.74. The number of amides is 1. The minimum atomic E-state index is -0.481. The van der Waals surface area contributed by atoms with Crippen molar-refractivity contribution in [2.24, 2.45) is 0 Å². The summed E-state index contributed by atoms with van der Waals surface area (Å²) in [7, 11) is 0. The summed E-state index contributed by atoms with van der Waals surface area (Å²) in [5.41, 5.74) is 0.233. The summed E-state index contributed by atoms with van der Waals surface area (Å²) in [5.74, 6) is 0. The molecular formula is C17H23Cl3N2O2. The summed E-state index contributed by atoms with van der Waals surface area (Å²) in [6.45, 7) is 5.56. The van der Waals surface area contributed by atoms with E-state index in [1.165, 1.54) is 0 Å². The fraction of sp³-hybridized carbons (Fsp3) is 0.588. The molecule has 24 heavy (non-hydrogen) atoms. The lowest BCUT2D eigenvalue weighted by Crippen LogP contribution is -2.42. The molecule has 1 aliphatic rings. The maximum absolute atomic E-state index is 11.8. The van der Waals surface area contributed by atoms with Crippen LogP contribution in [0.1, 0.15) is 46.5 Å². The number of ether oxygens (including phenoxy) is 1. The van der Waals surface area contributed by atoms with Crippen molar-refractivity contribution in [1.29, 1.82) is 0 Å². The number of carbonyl (C=O) groups excluding carboxylic acids is 1. The van der Waals surface area contributed by atoms with Crippen LogP contribution in [-0.4, -0.2) is 23.8 Å². The van der Waals surface area contributed by atoms with Crippen molar-refractivity contribution >= 4 is 46.6 Å². The Morgan fingerprint density at radius 3 is 2.04 bits per heavy atom. The lowest BCUT2D eigenvalue weighted by Gasteiger charge is -2.31. The summed E-state index contributed by atoms with van der Waals surface area (Å²) in [6.07, 6.45) is 3.22. The zero-order valence-corrected chi connectivity index (χ0v) is 16.4. The predicted molar refractivity (Wildman–Crippen MR) is 101 cm³/mol. The summed E-state index contributed by atoms with van der Waals surface area (Å²) in [6, 6.07) is 3.74. The van der Waals surface area contributed by atoms with Crippen LogP contribution in [0, 0.1) is 0 Å². The normalized spacial score (nSPS) is 21.2. The zero-order chi connectivity index (χ0) is 17.9. The molecule has 7 heteroatoms. The molecule has 1 fully saturated rings. The Morgan fingerprint density at radius 1 is 1.04 bits per heavy atom. The Morgan fingerprint density at radius 2 is 1.54 bits per heavy atom. The SMILES string of the molecule is CC(C)(C)OC(=O)NC1CCC(Nc2c(Cl)cc(Cl)cc2Cl)CC1. The lowest BCUT2D eigenvalue weighted by molar-refractivity contribution is 0.0492. The van der Waals surface area contributed by atoms with Crippen molar-refractivity contribution in [3.8, 4) is 0 Å². The molecule has 2 rings (SSSR count). The van der Waals surface area contributed by atoms with Crippen molar-refractivity contribution in [1.82, 2.24) is 5.32 Å². The first-order chi connectivity index (χ1) is 11.1. The van der Waals surface area contributed by atoms with E-state index in [1.54, 1.807) is 12.1 Å². The summed E-state index contributed by atoms with van der Waals surface area (Å²) in [4.78, 5) is 11.8. The van der Waals surface area contributed by atoms with Crippen molar-refractivity contribution in [2.75, 3.05) is 5.32 Å². The molecule has 1 saturated carbocycles. The number of anilines is 1. The molecule has 0 saturated heterocycles. The number of halogens is 3. The Kier molecular flexibility index (Phi) is 6.52. The van der Waals surface area contributed by atoms with Crippen LogP contribution in [0.4, 0.5) is 10.5 Å². The number of alkyl carbamates (subject to hydrolysis) is 1. The van der Waals surface area contributed by atoms with E-state index in [-0.39, 0.29) is 18.2 Å². The van der Waals surface area contributed by atoms with Crippen LogP contribution in [-0.2, 0) is 4.74 Å². The highest BCUT2D eigenvalue weighted by atomic mass is 35.5. The van der Waals surface area contributed by atoms with Gasteiger partial charge in [-0.15, -0.1) is 0 Å². The van der Waals surface area contributed by atoms with E-state index in [0.29, 0.717) is 20.8 Å². The Hall–Kier alpha value is -0.840. The molecule has 2 N–H and O–H groups in total.